The number of amides is 3. The number of aryl methyl sites for hydroxylation is 2. The highest BCUT2D eigenvalue weighted by atomic mass is 19.1. The Hall–Kier alpha value is -4.68. The van der Waals surface area contributed by atoms with Gasteiger partial charge in [-0.3, -0.25) is 14.8 Å². The molecule has 5 heterocycles. The monoisotopic (exact) mass is 558 g/mol. The first-order valence-corrected chi connectivity index (χ1v) is 13.6. The number of hydrogen-bond acceptors (Lipinski definition) is 8. The van der Waals surface area contributed by atoms with Gasteiger partial charge in [-0.05, 0) is 58.1 Å². The van der Waals surface area contributed by atoms with Crippen molar-refractivity contribution in [1.29, 1.82) is 0 Å². The van der Waals surface area contributed by atoms with Crippen molar-refractivity contribution in [3.8, 4) is 5.82 Å². The van der Waals surface area contributed by atoms with Crippen molar-refractivity contribution in [3.05, 3.63) is 71.4 Å². The fourth-order valence-electron chi connectivity index (χ4n) is 5.85. The first-order chi connectivity index (χ1) is 19.6. The van der Waals surface area contributed by atoms with E-state index in [1.54, 1.807) is 30.3 Å². The summed E-state index contributed by atoms with van der Waals surface area (Å²) in [6.45, 7) is 5.67. The number of carbonyl (C=O) groups excluding carboxylic acids is 2. The Morgan fingerprint density at radius 3 is 2.51 bits per heavy atom. The quantitative estimate of drug-likeness (QED) is 0.334. The molecule has 2 fully saturated rings. The number of nitrogens with zero attached hydrogens (tertiary/aromatic N) is 8. The maximum atomic E-state index is 13.9. The number of likely N-dealkylation sites (N-methyl/N-ethyl adjacent to an activating group) is 1. The fraction of sp³-hybridized carbons (Fsp3) is 0.393. The van der Waals surface area contributed by atoms with Crippen molar-refractivity contribution in [1.82, 2.24) is 44.7 Å². The van der Waals surface area contributed by atoms with Crippen LogP contribution in [0.3, 0.4) is 0 Å². The van der Waals surface area contributed by atoms with Crippen LogP contribution in [0, 0.1) is 19.7 Å². The summed E-state index contributed by atoms with van der Waals surface area (Å²) in [5.41, 5.74) is 1.58. The molecular weight excluding hydrogens is 527 g/mol. The van der Waals surface area contributed by atoms with Gasteiger partial charge in [-0.15, -0.1) is 0 Å². The first kappa shape index (κ1) is 26.5. The van der Waals surface area contributed by atoms with Crippen LogP contribution in [0.4, 0.5) is 20.8 Å². The summed E-state index contributed by atoms with van der Waals surface area (Å²) in [5.74, 6) is 1.91. The number of hydrogen-bond donors (Lipinski definition) is 2. The molecule has 0 aromatic carbocycles. The molecule has 4 aromatic heterocycles. The minimum atomic E-state index is -0.903. The van der Waals surface area contributed by atoms with E-state index in [0.29, 0.717) is 48.7 Å². The van der Waals surface area contributed by atoms with Gasteiger partial charge in [0.2, 0.25) is 0 Å². The molecule has 13 heteroatoms. The second-order valence-corrected chi connectivity index (χ2v) is 10.9. The van der Waals surface area contributed by atoms with E-state index in [2.05, 4.69) is 25.6 Å². The minimum absolute atomic E-state index is 0.0636. The lowest BCUT2D eigenvalue weighted by Gasteiger charge is -2.38. The lowest BCUT2D eigenvalue weighted by Crippen LogP contribution is -2.50. The maximum absolute atomic E-state index is 13.9. The second kappa shape index (κ2) is 10.1. The molecule has 6 rings (SSSR count). The Morgan fingerprint density at radius 2 is 1.88 bits per heavy atom. The average molecular weight is 559 g/mol. The Bertz CT molecular complexity index is 1610. The molecule has 1 saturated carbocycles. The molecule has 12 nitrogen and oxygen atoms in total. The number of aromatic nitrogens is 7. The number of carbonyl (C=O) groups is 2. The molecule has 1 aliphatic heterocycles. The number of H-pyrrole nitrogens is 1. The third-order valence-corrected chi connectivity index (χ3v) is 8.19. The summed E-state index contributed by atoms with van der Waals surface area (Å²) in [7, 11) is 1.71. The van der Waals surface area contributed by atoms with Gasteiger partial charge >= 0.3 is 6.03 Å². The van der Waals surface area contributed by atoms with Crippen molar-refractivity contribution in [3.63, 3.8) is 0 Å². The van der Waals surface area contributed by atoms with Crippen LogP contribution in [0.15, 0.2) is 42.9 Å². The molecule has 0 bridgehead atoms. The van der Waals surface area contributed by atoms with Gasteiger partial charge in [0.1, 0.15) is 17.2 Å². The summed E-state index contributed by atoms with van der Waals surface area (Å²) < 4.78 is 14.7. The Balaban J connectivity index is 1.17. The molecule has 1 spiro atoms. The number of rotatable bonds is 6. The number of nitrogens with one attached hydrogen (secondary N) is 2. The topological polar surface area (TPSA) is 138 Å². The van der Waals surface area contributed by atoms with Crippen LogP contribution in [-0.4, -0.2) is 69.3 Å². The third-order valence-electron chi connectivity index (χ3n) is 8.19. The Morgan fingerprint density at radius 1 is 1.10 bits per heavy atom. The molecule has 2 N–H and O–H groups in total. The highest BCUT2D eigenvalue weighted by Gasteiger charge is 2.58. The number of pyridine rings is 1. The largest absolute Gasteiger partial charge is 0.327 e. The van der Waals surface area contributed by atoms with Crippen LogP contribution in [0.2, 0.25) is 0 Å². The molecule has 4 aromatic rings. The zero-order valence-electron chi connectivity index (χ0n) is 23.3. The van der Waals surface area contributed by atoms with E-state index in [9.17, 15) is 14.0 Å². The fourth-order valence-corrected chi connectivity index (χ4v) is 5.85. The molecular formula is C28H31FN10O2. The van der Waals surface area contributed by atoms with Crippen LogP contribution < -0.4 is 5.32 Å². The van der Waals surface area contributed by atoms with E-state index in [0.717, 1.165) is 23.4 Å². The predicted molar refractivity (Wildman–Crippen MR) is 147 cm³/mol. The summed E-state index contributed by atoms with van der Waals surface area (Å²) in [5, 5.41) is 14.3. The zero-order valence-corrected chi connectivity index (χ0v) is 23.3. The second-order valence-electron chi connectivity index (χ2n) is 10.9. The van der Waals surface area contributed by atoms with Gasteiger partial charge in [-0.25, -0.2) is 28.8 Å². The first-order valence-electron chi connectivity index (χ1n) is 13.6. The molecule has 2 aliphatic rings. The van der Waals surface area contributed by atoms with Gasteiger partial charge < -0.3 is 10.2 Å². The van der Waals surface area contributed by atoms with E-state index < -0.39 is 17.4 Å². The van der Waals surface area contributed by atoms with E-state index >= 15 is 0 Å². The molecule has 1 atom stereocenters. The Labute approximate surface area is 236 Å². The van der Waals surface area contributed by atoms with Crippen LogP contribution in [0.1, 0.15) is 67.3 Å². The lowest BCUT2D eigenvalue weighted by atomic mass is 9.75. The van der Waals surface area contributed by atoms with Crippen molar-refractivity contribution >= 4 is 23.6 Å². The molecule has 41 heavy (non-hydrogen) atoms. The molecule has 1 aliphatic carbocycles. The van der Waals surface area contributed by atoms with Crippen LogP contribution in [0.5, 0.6) is 0 Å². The molecule has 0 unspecified atom stereocenters. The van der Waals surface area contributed by atoms with Crippen LogP contribution in [-0.2, 0) is 4.79 Å². The van der Waals surface area contributed by atoms with E-state index in [1.807, 2.05) is 32.9 Å². The number of halogens is 1. The van der Waals surface area contributed by atoms with Gasteiger partial charge in [-0.1, -0.05) is 6.07 Å². The standard InChI is InChI=1S/C28H31FN10O2/c1-16-11-22(33-23-12-17(2)35-36-23)34-25(32-16)19-7-9-28(10-8-19)26(40)39(27(41)37(28)4)18(3)20-5-6-24(30-13-20)38-15-21(29)14-31-38/h5-6,11-15,18-19H,7-10H2,1-4H3,(H2,32,33,34,35,36)/t18-,19-,28+/m0/s1. The number of aromatic amines is 1. The smallest absolute Gasteiger partial charge is 0.323 e. The maximum Gasteiger partial charge on any atom is 0.327 e. The van der Waals surface area contributed by atoms with Gasteiger partial charge in [0, 0.05) is 42.7 Å². The van der Waals surface area contributed by atoms with Gasteiger partial charge in [0.25, 0.3) is 5.91 Å². The van der Waals surface area contributed by atoms with Gasteiger partial charge in [-0.2, -0.15) is 10.2 Å². The van der Waals surface area contributed by atoms with E-state index in [4.69, 9.17) is 9.97 Å². The molecule has 0 radical (unpaired) electrons. The van der Waals surface area contributed by atoms with E-state index in [1.165, 1.54) is 15.8 Å². The van der Waals surface area contributed by atoms with Gasteiger partial charge in [0.05, 0.1) is 18.4 Å². The van der Waals surface area contributed by atoms with Crippen molar-refractivity contribution < 1.29 is 14.0 Å². The average Bonchev–Trinajstić information content (AvgIpc) is 3.63. The van der Waals surface area contributed by atoms with Crippen molar-refractivity contribution in [2.24, 2.45) is 0 Å². The molecule has 3 amide bonds. The zero-order chi connectivity index (χ0) is 28.9. The Kier molecular flexibility index (Phi) is 6.51. The molecule has 1 saturated heterocycles. The highest BCUT2D eigenvalue weighted by Crippen LogP contribution is 2.46. The van der Waals surface area contributed by atoms with Crippen LogP contribution in [0.25, 0.3) is 5.82 Å². The van der Waals surface area contributed by atoms with Gasteiger partial charge in [0.15, 0.2) is 17.5 Å². The SMILES string of the molecule is Cc1cc(Nc2cc(C)[nH]n2)nc([C@H]2CC[C@@]3(CC2)C(=O)N([C@@H](C)c2ccc(-n4cc(F)cn4)nc2)C(=O)N3C)n1. The number of anilines is 2. The minimum Gasteiger partial charge on any atom is -0.323 e. The normalized spacial score (nSPS) is 21.6. The number of urea groups is 1. The lowest BCUT2D eigenvalue weighted by molar-refractivity contribution is -0.136. The van der Waals surface area contributed by atoms with Crippen molar-refractivity contribution in [2.75, 3.05) is 12.4 Å². The summed E-state index contributed by atoms with van der Waals surface area (Å²) in [4.78, 5) is 44.1. The number of imide groups is 1. The van der Waals surface area contributed by atoms with E-state index in [-0.39, 0.29) is 17.9 Å². The summed E-state index contributed by atoms with van der Waals surface area (Å²) in [6.07, 6.45) is 6.30. The highest BCUT2D eigenvalue weighted by molar-refractivity contribution is 6.07. The third kappa shape index (κ3) is 4.70. The van der Waals surface area contributed by atoms with Crippen molar-refractivity contribution in [2.45, 2.75) is 64.0 Å². The summed E-state index contributed by atoms with van der Waals surface area (Å²) >= 11 is 0. The predicted octanol–water partition coefficient (Wildman–Crippen LogP) is 4.33. The summed E-state index contributed by atoms with van der Waals surface area (Å²) in [6, 6.07) is 6.39. The molecule has 212 valence electrons. The van der Waals surface area contributed by atoms with Crippen LogP contribution >= 0.6 is 0 Å².